The molecule has 1 saturated carbocycles. The number of anilines is 1. The highest BCUT2D eigenvalue weighted by Crippen LogP contribution is 2.40. The van der Waals surface area contributed by atoms with Crippen molar-refractivity contribution in [2.24, 2.45) is 7.05 Å². The molecule has 3 heterocycles. The monoisotopic (exact) mass is 286 g/mol. The summed E-state index contributed by atoms with van der Waals surface area (Å²) in [5, 5.41) is 4.56. The van der Waals surface area contributed by atoms with Crippen LogP contribution in [0, 0.1) is 6.92 Å². The SMILES string of the molecule is Cc1nn(C)c2c(N3CCN(C)CC3)nc(C3CC3)nc12. The van der Waals surface area contributed by atoms with Crippen molar-refractivity contribution in [1.82, 2.24) is 24.6 Å². The van der Waals surface area contributed by atoms with Crippen LogP contribution in [0.25, 0.3) is 11.0 Å². The number of rotatable bonds is 2. The van der Waals surface area contributed by atoms with E-state index >= 15 is 0 Å². The summed E-state index contributed by atoms with van der Waals surface area (Å²) >= 11 is 0. The Morgan fingerprint density at radius 1 is 1.00 bits per heavy atom. The van der Waals surface area contributed by atoms with Gasteiger partial charge >= 0.3 is 0 Å². The molecule has 1 aliphatic heterocycles. The number of aryl methyl sites for hydroxylation is 2. The first-order valence-electron chi connectivity index (χ1n) is 7.78. The van der Waals surface area contributed by atoms with Gasteiger partial charge in [-0.1, -0.05) is 0 Å². The van der Waals surface area contributed by atoms with Gasteiger partial charge < -0.3 is 9.80 Å². The van der Waals surface area contributed by atoms with E-state index < -0.39 is 0 Å². The number of likely N-dealkylation sites (N-methyl/N-ethyl adjacent to an activating group) is 1. The summed E-state index contributed by atoms with van der Waals surface area (Å²) in [5.41, 5.74) is 3.12. The van der Waals surface area contributed by atoms with E-state index in [9.17, 15) is 0 Å². The van der Waals surface area contributed by atoms with Crippen molar-refractivity contribution >= 4 is 16.9 Å². The van der Waals surface area contributed by atoms with Crippen LogP contribution < -0.4 is 4.90 Å². The summed E-state index contributed by atoms with van der Waals surface area (Å²) in [6.07, 6.45) is 2.46. The van der Waals surface area contributed by atoms with Crippen LogP contribution in [0.5, 0.6) is 0 Å². The summed E-state index contributed by atoms with van der Waals surface area (Å²) in [4.78, 5) is 14.5. The standard InChI is InChI=1S/C15H22N6/c1-10-12-13(20(3)18-10)15(17-14(16-12)11-4-5-11)21-8-6-19(2)7-9-21/h11H,4-9H2,1-3H3. The minimum Gasteiger partial charge on any atom is -0.352 e. The molecule has 0 bridgehead atoms. The van der Waals surface area contributed by atoms with Crippen LogP contribution in [0.15, 0.2) is 0 Å². The molecular weight excluding hydrogens is 264 g/mol. The van der Waals surface area contributed by atoms with Gasteiger partial charge in [0.05, 0.1) is 5.69 Å². The number of piperazine rings is 1. The summed E-state index contributed by atoms with van der Waals surface area (Å²) in [5.74, 6) is 2.67. The fraction of sp³-hybridized carbons (Fsp3) is 0.667. The molecule has 1 aliphatic carbocycles. The normalized spacial score (nSPS) is 20.4. The van der Waals surface area contributed by atoms with Gasteiger partial charge in [0.1, 0.15) is 16.9 Å². The molecule has 2 aromatic heterocycles. The van der Waals surface area contributed by atoms with E-state index in [1.165, 1.54) is 12.8 Å². The Morgan fingerprint density at radius 3 is 2.38 bits per heavy atom. The minimum absolute atomic E-state index is 0.570. The molecule has 2 aromatic rings. The first kappa shape index (κ1) is 13.0. The van der Waals surface area contributed by atoms with Crippen molar-refractivity contribution < 1.29 is 0 Å². The third-order valence-corrected chi connectivity index (χ3v) is 4.59. The van der Waals surface area contributed by atoms with E-state index in [1.807, 2.05) is 18.7 Å². The van der Waals surface area contributed by atoms with E-state index in [-0.39, 0.29) is 0 Å². The molecule has 0 spiro atoms. The van der Waals surface area contributed by atoms with Gasteiger partial charge in [0, 0.05) is 39.1 Å². The third kappa shape index (κ3) is 2.18. The number of hydrogen-bond donors (Lipinski definition) is 0. The van der Waals surface area contributed by atoms with Gasteiger partial charge in [0.15, 0.2) is 5.82 Å². The van der Waals surface area contributed by atoms with Gasteiger partial charge in [-0.15, -0.1) is 0 Å². The Kier molecular flexibility index (Phi) is 2.89. The maximum Gasteiger partial charge on any atom is 0.158 e. The van der Waals surface area contributed by atoms with Gasteiger partial charge in [-0.3, -0.25) is 4.68 Å². The number of aromatic nitrogens is 4. The lowest BCUT2D eigenvalue weighted by atomic mass is 10.2. The molecule has 2 fully saturated rings. The summed E-state index contributed by atoms with van der Waals surface area (Å²) in [6.45, 7) is 6.26. The Hall–Kier alpha value is -1.69. The maximum atomic E-state index is 4.92. The van der Waals surface area contributed by atoms with Crippen molar-refractivity contribution in [3.8, 4) is 0 Å². The second kappa shape index (κ2) is 4.66. The van der Waals surface area contributed by atoms with Crippen molar-refractivity contribution in [2.75, 3.05) is 38.1 Å². The second-order valence-corrected chi connectivity index (χ2v) is 6.38. The maximum absolute atomic E-state index is 4.92. The lowest BCUT2D eigenvalue weighted by Gasteiger charge is -2.33. The molecule has 0 aromatic carbocycles. The van der Waals surface area contributed by atoms with Gasteiger partial charge in [0.2, 0.25) is 0 Å². The van der Waals surface area contributed by atoms with Crippen molar-refractivity contribution in [3.05, 3.63) is 11.5 Å². The molecule has 21 heavy (non-hydrogen) atoms. The Balaban J connectivity index is 1.85. The van der Waals surface area contributed by atoms with Gasteiger partial charge in [-0.25, -0.2) is 9.97 Å². The molecule has 0 unspecified atom stereocenters. The van der Waals surface area contributed by atoms with E-state index in [4.69, 9.17) is 9.97 Å². The topological polar surface area (TPSA) is 50.1 Å². The average Bonchev–Trinajstić information content (AvgIpc) is 3.27. The first-order chi connectivity index (χ1) is 10.1. The zero-order valence-corrected chi connectivity index (χ0v) is 13.0. The molecule has 0 radical (unpaired) electrons. The molecule has 112 valence electrons. The van der Waals surface area contributed by atoms with E-state index in [0.717, 1.165) is 54.5 Å². The zero-order chi connectivity index (χ0) is 14.6. The van der Waals surface area contributed by atoms with Crippen LogP contribution in [-0.2, 0) is 7.05 Å². The van der Waals surface area contributed by atoms with Gasteiger partial charge in [0.25, 0.3) is 0 Å². The van der Waals surface area contributed by atoms with Crippen LogP contribution in [0.2, 0.25) is 0 Å². The lowest BCUT2D eigenvalue weighted by molar-refractivity contribution is 0.312. The molecule has 0 amide bonds. The molecule has 6 heteroatoms. The van der Waals surface area contributed by atoms with Gasteiger partial charge in [-0.05, 0) is 26.8 Å². The molecular formula is C15H22N6. The largest absolute Gasteiger partial charge is 0.352 e. The highest BCUT2D eigenvalue weighted by atomic mass is 15.3. The average molecular weight is 286 g/mol. The summed E-state index contributed by atoms with van der Waals surface area (Å²) < 4.78 is 1.94. The van der Waals surface area contributed by atoms with E-state index in [2.05, 4.69) is 21.9 Å². The molecule has 4 rings (SSSR count). The fourth-order valence-electron chi connectivity index (χ4n) is 3.10. The Morgan fingerprint density at radius 2 is 1.71 bits per heavy atom. The summed E-state index contributed by atoms with van der Waals surface area (Å²) in [6, 6.07) is 0. The van der Waals surface area contributed by atoms with Crippen LogP contribution in [0.3, 0.4) is 0 Å². The summed E-state index contributed by atoms with van der Waals surface area (Å²) in [7, 11) is 4.17. The Bertz CT molecular complexity index is 679. The van der Waals surface area contributed by atoms with Crippen LogP contribution in [0.1, 0.15) is 30.3 Å². The van der Waals surface area contributed by atoms with Crippen molar-refractivity contribution in [1.29, 1.82) is 0 Å². The number of hydrogen-bond acceptors (Lipinski definition) is 5. The predicted molar refractivity (Wildman–Crippen MR) is 82.7 cm³/mol. The molecule has 0 atom stereocenters. The zero-order valence-electron chi connectivity index (χ0n) is 13.0. The highest BCUT2D eigenvalue weighted by Gasteiger charge is 2.30. The quantitative estimate of drug-likeness (QED) is 0.833. The molecule has 1 saturated heterocycles. The third-order valence-electron chi connectivity index (χ3n) is 4.59. The van der Waals surface area contributed by atoms with Crippen LogP contribution in [-0.4, -0.2) is 57.9 Å². The molecule has 6 nitrogen and oxygen atoms in total. The highest BCUT2D eigenvalue weighted by molar-refractivity contribution is 5.88. The lowest BCUT2D eigenvalue weighted by Crippen LogP contribution is -2.45. The molecule has 0 N–H and O–H groups in total. The van der Waals surface area contributed by atoms with E-state index in [1.54, 1.807) is 0 Å². The number of nitrogens with zero attached hydrogens (tertiary/aromatic N) is 6. The van der Waals surface area contributed by atoms with Gasteiger partial charge in [-0.2, -0.15) is 5.10 Å². The van der Waals surface area contributed by atoms with E-state index in [0.29, 0.717) is 5.92 Å². The van der Waals surface area contributed by atoms with Crippen molar-refractivity contribution in [3.63, 3.8) is 0 Å². The minimum atomic E-state index is 0.570. The predicted octanol–water partition coefficient (Wildman–Crippen LogP) is 1.30. The van der Waals surface area contributed by atoms with Crippen LogP contribution >= 0.6 is 0 Å². The molecule has 2 aliphatic rings. The number of fused-ring (bicyclic) bond motifs is 1. The smallest absolute Gasteiger partial charge is 0.158 e. The van der Waals surface area contributed by atoms with Crippen molar-refractivity contribution in [2.45, 2.75) is 25.7 Å². The van der Waals surface area contributed by atoms with Crippen LogP contribution in [0.4, 0.5) is 5.82 Å². The fourth-order valence-corrected chi connectivity index (χ4v) is 3.10. The Labute approximate surface area is 124 Å². The first-order valence-corrected chi connectivity index (χ1v) is 7.78. The second-order valence-electron chi connectivity index (χ2n) is 6.38.